The second-order valence-electron chi connectivity index (χ2n) is 5.90. The molecule has 1 saturated heterocycles. The number of hydrogen-bond acceptors (Lipinski definition) is 4. The van der Waals surface area contributed by atoms with E-state index in [1.807, 2.05) is 0 Å². The maximum absolute atomic E-state index is 12.5. The van der Waals surface area contributed by atoms with Gasteiger partial charge in [-0.05, 0) is 25.7 Å². The Morgan fingerprint density at radius 3 is 2.42 bits per heavy atom. The van der Waals surface area contributed by atoms with Gasteiger partial charge >= 0.3 is 0 Å². The van der Waals surface area contributed by atoms with Crippen LogP contribution < -0.4 is 0 Å². The number of carbonyl (C=O) groups is 1. The average molecular weight is 266 g/mol. The van der Waals surface area contributed by atoms with Crippen molar-refractivity contribution in [1.29, 1.82) is 5.26 Å². The highest BCUT2D eigenvalue weighted by molar-refractivity contribution is 5.85. The molecule has 1 amide bonds. The van der Waals surface area contributed by atoms with Crippen molar-refractivity contribution >= 4 is 5.91 Å². The summed E-state index contributed by atoms with van der Waals surface area (Å²) < 4.78 is 5.24. The summed E-state index contributed by atoms with van der Waals surface area (Å²) in [5, 5.41) is 19.7. The average Bonchev–Trinajstić information content (AvgIpc) is 2.85. The van der Waals surface area contributed by atoms with E-state index < -0.39 is 11.0 Å². The Hall–Kier alpha value is -1.12. The molecule has 2 aliphatic rings. The summed E-state index contributed by atoms with van der Waals surface area (Å²) in [6, 6.07) is 2.18. The Balaban J connectivity index is 2.03. The minimum absolute atomic E-state index is 0.168. The first-order chi connectivity index (χ1) is 9.01. The van der Waals surface area contributed by atoms with E-state index in [1.54, 1.807) is 11.9 Å². The SMILES string of the molecule is CN(CC1(O)CCCC1)C(=O)C1(C#N)CCOCC1. The van der Waals surface area contributed by atoms with Crippen molar-refractivity contribution in [2.75, 3.05) is 26.8 Å². The van der Waals surface area contributed by atoms with E-state index >= 15 is 0 Å². The Kier molecular flexibility index (Phi) is 4.12. The summed E-state index contributed by atoms with van der Waals surface area (Å²) in [5.41, 5.74) is -1.71. The van der Waals surface area contributed by atoms with Gasteiger partial charge in [0.05, 0.1) is 11.7 Å². The van der Waals surface area contributed by atoms with Crippen LogP contribution in [0.15, 0.2) is 0 Å². The van der Waals surface area contributed by atoms with Crippen LogP contribution >= 0.6 is 0 Å². The van der Waals surface area contributed by atoms with Crippen LogP contribution in [0.25, 0.3) is 0 Å². The summed E-state index contributed by atoms with van der Waals surface area (Å²) in [4.78, 5) is 14.1. The fourth-order valence-electron chi connectivity index (χ4n) is 3.16. The molecule has 0 aromatic carbocycles. The number of aliphatic hydroxyl groups is 1. The van der Waals surface area contributed by atoms with Crippen LogP contribution in [0.2, 0.25) is 0 Å². The van der Waals surface area contributed by atoms with Crippen LogP contribution in [-0.2, 0) is 9.53 Å². The predicted octanol–water partition coefficient (Wildman–Crippen LogP) is 1.07. The molecule has 0 aromatic rings. The van der Waals surface area contributed by atoms with Crippen molar-refractivity contribution < 1.29 is 14.6 Å². The van der Waals surface area contributed by atoms with Crippen molar-refractivity contribution in [3.05, 3.63) is 0 Å². The van der Waals surface area contributed by atoms with E-state index in [9.17, 15) is 15.2 Å². The highest BCUT2D eigenvalue weighted by Crippen LogP contribution is 2.34. The van der Waals surface area contributed by atoms with E-state index in [4.69, 9.17) is 4.74 Å². The molecule has 19 heavy (non-hydrogen) atoms. The van der Waals surface area contributed by atoms with Crippen LogP contribution in [0.5, 0.6) is 0 Å². The molecular weight excluding hydrogens is 244 g/mol. The Morgan fingerprint density at radius 1 is 1.32 bits per heavy atom. The molecule has 0 atom stereocenters. The molecule has 1 N–H and O–H groups in total. The molecule has 0 spiro atoms. The maximum Gasteiger partial charge on any atom is 0.243 e. The largest absolute Gasteiger partial charge is 0.388 e. The predicted molar refractivity (Wildman–Crippen MR) is 69.2 cm³/mol. The van der Waals surface area contributed by atoms with E-state index in [2.05, 4.69) is 6.07 Å². The Morgan fingerprint density at radius 2 is 1.89 bits per heavy atom. The van der Waals surface area contributed by atoms with Crippen LogP contribution in [0, 0.1) is 16.7 Å². The molecule has 5 nitrogen and oxygen atoms in total. The summed E-state index contributed by atoms with van der Waals surface area (Å²) in [6.45, 7) is 1.24. The highest BCUT2D eigenvalue weighted by Gasteiger charge is 2.44. The molecular formula is C14H22N2O3. The third kappa shape index (κ3) is 2.90. The molecule has 0 radical (unpaired) electrons. The van der Waals surface area contributed by atoms with Gasteiger partial charge < -0.3 is 14.7 Å². The first kappa shape index (κ1) is 14.3. The lowest BCUT2D eigenvalue weighted by molar-refractivity contribution is -0.145. The molecule has 1 aliphatic heterocycles. The summed E-state index contributed by atoms with van der Waals surface area (Å²) in [7, 11) is 1.69. The van der Waals surface area contributed by atoms with Gasteiger partial charge in [0.25, 0.3) is 0 Å². The second-order valence-corrected chi connectivity index (χ2v) is 5.90. The zero-order valence-electron chi connectivity index (χ0n) is 11.5. The highest BCUT2D eigenvalue weighted by atomic mass is 16.5. The summed E-state index contributed by atoms with van der Waals surface area (Å²) in [5.74, 6) is -0.168. The van der Waals surface area contributed by atoms with Gasteiger partial charge in [-0.2, -0.15) is 5.26 Å². The fraction of sp³-hybridized carbons (Fsp3) is 0.857. The van der Waals surface area contributed by atoms with Crippen molar-refractivity contribution in [3.8, 4) is 6.07 Å². The van der Waals surface area contributed by atoms with E-state index in [0.29, 0.717) is 32.6 Å². The molecule has 1 aliphatic carbocycles. The molecule has 0 bridgehead atoms. The number of rotatable bonds is 3. The number of likely N-dealkylation sites (N-methyl/N-ethyl adjacent to an activating group) is 1. The van der Waals surface area contributed by atoms with Crippen LogP contribution in [0.3, 0.4) is 0 Å². The first-order valence-corrected chi connectivity index (χ1v) is 6.98. The standard InChI is InChI=1S/C14H22N2O3/c1-16(11-14(18)4-2-3-5-14)12(17)13(10-15)6-8-19-9-7-13/h18H,2-9,11H2,1H3. The van der Waals surface area contributed by atoms with Crippen molar-refractivity contribution in [3.63, 3.8) is 0 Å². The number of nitriles is 1. The number of ether oxygens (including phenoxy) is 1. The van der Waals surface area contributed by atoms with E-state index in [-0.39, 0.29) is 5.91 Å². The van der Waals surface area contributed by atoms with Gasteiger partial charge in [-0.25, -0.2) is 0 Å². The van der Waals surface area contributed by atoms with Crippen LogP contribution in [-0.4, -0.2) is 48.3 Å². The van der Waals surface area contributed by atoms with E-state index in [1.165, 1.54) is 0 Å². The second kappa shape index (κ2) is 5.48. The molecule has 1 heterocycles. The van der Waals surface area contributed by atoms with Gasteiger partial charge in [0, 0.05) is 26.8 Å². The van der Waals surface area contributed by atoms with Crippen molar-refractivity contribution in [1.82, 2.24) is 4.90 Å². The minimum atomic E-state index is -0.956. The first-order valence-electron chi connectivity index (χ1n) is 6.98. The normalized spacial score (nSPS) is 24.7. The topological polar surface area (TPSA) is 73.6 Å². The maximum atomic E-state index is 12.5. The van der Waals surface area contributed by atoms with E-state index in [0.717, 1.165) is 25.7 Å². The number of nitrogens with zero attached hydrogens (tertiary/aromatic N) is 2. The molecule has 5 heteroatoms. The third-order valence-corrected chi connectivity index (χ3v) is 4.38. The molecule has 106 valence electrons. The van der Waals surface area contributed by atoms with Crippen LogP contribution in [0.4, 0.5) is 0 Å². The smallest absolute Gasteiger partial charge is 0.243 e. The molecule has 2 fully saturated rings. The fourth-order valence-corrected chi connectivity index (χ4v) is 3.16. The lowest BCUT2D eigenvalue weighted by atomic mass is 9.80. The van der Waals surface area contributed by atoms with Crippen molar-refractivity contribution in [2.24, 2.45) is 5.41 Å². The Bertz CT molecular complexity index is 377. The number of hydrogen-bond donors (Lipinski definition) is 1. The zero-order chi connectivity index (χ0) is 13.9. The van der Waals surface area contributed by atoms with Gasteiger partial charge in [-0.15, -0.1) is 0 Å². The Labute approximate surface area is 114 Å². The van der Waals surface area contributed by atoms with Gasteiger partial charge in [0.2, 0.25) is 5.91 Å². The van der Waals surface area contributed by atoms with Gasteiger partial charge in [-0.3, -0.25) is 4.79 Å². The molecule has 2 rings (SSSR count). The van der Waals surface area contributed by atoms with Crippen LogP contribution in [0.1, 0.15) is 38.5 Å². The zero-order valence-corrected chi connectivity index (χ0v) is 11.5. The molecule has 0 aromatic heterocycles. The van der Waals surface area contributed by atoms with Gasteiger partial charge in [-0.1, -0.05) is 12.8 Å². The lowest BCUT2D eigenvalue weighted by Gasteiger charge is -2.36. The molecule has 0 unspecified atom stereocenters. The molecule has 1 saturated carbocycles. The third-order valence-electron chi connectivity index (χ3n) is 4.38. The van der Waals surface area contributed by atoms with Crippen molar-refractivity contribution in [2.45, 2.75) is 44.1 Å². The van der Waals surface area contributed by atoms with Gasteiger partial charge in [0.15, 0.2) is 0 Å². The summed E-state index contributed by atoms with van der Waals surface area (Å²) in [6.07, 6.45) is 4.41. The monoisotopic (exact) mass is 266 g/mol. The summed E-state index contributed by atoms with van der Waals surface area (Å²) >= 11 is 0. The number of carbonyl (C=O) groups excluding carboxylic acids is 1. The lowest BCUT2D eigenvalue weighted by Crippen LogP contribution is -2.49. The minimum Gasteiger partial charge on any atom is -0.388 e. The van der Waals surface area contributed by atoms with Gasteiger partial charge in [0.1, 0.15) is 5.41 Å². The number of amides is 1. The quantitative estimate of drug-likeness (QED) is 0.829.